The molecule has 2 atom stereocenters. The van der Waals surface area contributed by atoms with Crippen molar-refractivity contribution in [1.29, 1.82) is 0 Å². The van der Waals surface area contributed by atoms with Crippen LogP contribution in [0.5, 0.6) is 0 Å². The SMILES string of the molecule is CC.CC1OCSC1C. The van der Waals surface area contributed by atoms with Crippen LogP contribution in [-0.4, -0.2) is 17.3 Å². The highest BCUT2D eigenvalue weighted by Crippen LogP contribution is 2.24. The summed E-state index contributed by atoms with van der Waals surface area (Å²) in [5.74, 6) is 0.891. The number of hydrogen-bond donors (Lipinski definition) is 0. The van der Waals surface area contributed by atoms with E-state index in [1.165, 1.54) is 0 Å². The van der Waals surface area contributed by atoms with E-state index >= 15 is 0 Å². The van der Waals surface area contributed by atoms with Crippen LogP contribution in [0.2, 0.25) is 0 Å². The van der Waals surface area contributed by atoms with Crippen molar-refractivity contribution in [1.82, 2.24) is 0 Å². The van der Waals surface area contributed by atoms with Crippen LogP contribution < -0.4 is 0 Å². The fourth-order valence-corrected chi connectivity index (χ4v) is 1.38. The molecule has 0 aromatic rings. The Bertz CT molecular complexity index is 57.9. The van der Waals surface area contributed by atoms with Gasteiger partial charge < -0.3 is 4.74 Å². The molecule has 56 valence electrons. The van der Waals surface area contributed by atoms with Gasteiger partial charge in [-0.1, -0.05) is 20.8 Å². The number of rotatable bonds is 0. The van der Waals surface area contributed by atoms with Crippen molar-refractivity contribution in [3.05, 3.63) is 0 Å². The molecular weight excluding hydrogens is 132 g/mol. The Morgan fingerprint density at radius 3 is 2.00 bits per heavy atom. The largest absolute Gasteiger partial charge is 0.367 e. The highest BCUT2D eigenvalue weighted by atomic mass is 32.2. The summed E-state index contributed by atoms with van der Waals surface area (Å²) in [6.45, 7) is 8.31. The van der Waals surface area contributed by atoms with Gasteiger partial charge >= 0.3 is 0 Å². The van der Waals surface area contributed by atoms with E-state index in [4.69, 9.17) is 4.74 Å². The molecule has 1 nitrogen and oxygen atoms in total. The molecule has 1 aliphatic rings. The van der Waals surface area contributed by atoms with Crippen LogP contribution in [0.15, 0.2) is 0 Å². The highest BCUT2D eigenvalue weighted by Gasteiger charge is 2.18. The first-order valence-corrected chi connectivity index (χ1v) is 4.59. The van der Waals surface area contributed by atoms with Crippen molar-refractivity contribution in [3.63, 3.8) is 0 Å². The maximum atomic E-state index is 5.23. The fourth-order valence-electron chi connectivity index (χ4n) is 0.525. The molecule has 0 radical (unpaired) electrons. The molecule has 1 saturated heterocycles. The minimum absolute atomic E-state index is 0.477. The van der Waals surface area contributed by atoms with Crippen LogP contribution in [0.3, 0.4) is 0 Å². The standard InChI is InChI=1S/C5H10OS.C2H6/c1-4-5(2)7-3-6-4;1-2/h4-5H,3H2,1-2H3;1-2H3. The predicted molar refractivity (Wildman–Crippen MR) is 43.8 cm³/mol. The lowest BCUT2D eigenvalue weighted by Gasteiger charge is -2.03. The molecule has 0 amide bonds. The molecule has 0 aromatic heterocycles. The Morgan fingerprint density at radius 1 is 1.33 bits per heavy atom. The summed E-state index contributed by atoms with van der Waals surface area (Å²) in [5, 5.41) is 0.708. The van der Waals surface area contributed by atoms with E-state index in [-0.39, 0.29) is 0 Å². The lowest BCUT2D eigenvalue weighted by atomic mass is 10.3. The molecule has 9 heavy (non-hydrogen) atoms. The molecule has 1 rings (SSSR count). The Hall–Kier alpha value is 0.310. The topological polar surface area (TPSA) is 9.23 Å². The zero-order chi connectivity index (χ0) is 7.28. The second-order valence-electron chi connectivity index (χ2n) is 1.86. The Morgan fingerprint density at radius 2 is 1.89 bits per heavy atom. The smallest absolute Gasteiger partial charge is 0.0928 e. The van der Waals surface area contributed by atoms with Crippen molar-refractivity contribution in [2.75, 3.05) is 5.94 Å². The van der Waals surface area contributed by atoms with E-state index < -0.39 is 0 Å². The summed E-state index contributed by atoms with van der Waals surface area (Å²) < 4.78 is 5.23. The van der Waals surface area contributed by atoms with Crippen molar-refractivity contribution >= 4 is 11.8 Å². The summed E-state index contributed by atoms with van der Waals surface area (Å²) in [5.41, 5.74) is 0. The Kier molecular flexibility index (Phi) is 5.30. The number of ether oxygens (including phenoxy) is 1. The van der Waals surface area contributed by atoms with Crippen LogP contribution in [0.25, 0.3) is 0 Å². The number of hydrogen-bond acceptors (Lipinski definition) is 2. The predicted octanol–water partition coefficient (Wildman–Crippen LogP) is 2.51. The van der Waals surface area contributed by atoms with Gasteiger partial charge in [0, 0.05) is 5.25 Å². The van der Waals surface area contributed by atoms with Gasteiger partial charge in [0.1, 0.15) is 0 Å². The zero-order valence-corrected chi connectivity index (χ0v) is 7.49. The summed E-state index contributed by atoms with van der Waals surface area (Å²) >= 11 is 1.88. The van der Waals surface area contributed by atoms with E-state index in [9.17, 15) is 0 Å². The zero-order valence-electron chi connectivity index (χ0n) is 6.68. The molecule has 0 N–H and O–H groups in total. The minimum Gasteiger partial charge on any atom is -0.367 e. The average Bonchev–Trinajstić information content (AvgIpc) is 2.23. The third-order valence-electron chi connectivity index (χ3n) is 1.32. The van der Waals surface area contributed by atoms with E-state index in [0.717, 1.165) is 5.94 Å². The summed E-state index contributed by atoms with van der Waals surface area (Å²) in [4.78, 5) is 0. The Labute approximate surface area is 62.2 Å². The lowest BCUT2D eigenvalue weighted by molar-refractivity contribution is 0.125. The first kappa shape index (κ1) is 9.31. The van der Waals surface area contributed by atoms with E-state index in [2.05, 4.69) is 13.8 Å². The quantitative estimate of drug-likeness (QED) is 0.522. The number of thioether (sulfide) groups is 1. The van der Waals surface area contributed by atoms with Crippen LogP contribution in [-0.2, 0) is 4.74 Å². The normalized spacial score (nSPS) is 33.3. The van der Waals surface area contributed by atoms with Crippen LogP contribution in [0.1, 0.15) is 27.7 Å². The van der Waals surface area contributed by atoms with Crippen molar-refractivity contribution in [2.24, 2.45) is 0 Å². The van der Waals surface area contributed by atoms with Crippen LogP contribution in [0.4, 0.5) is 0 Å². The average molecular weight is 148 g/mol. The highest BCUT2D eigenvalue weighted by molar-refractivity contribution is 8.00. The summed E-state index contributed by atoms with van der Waals surface area (Å²) in [7, 11) is 0. The van der Waals surface area contributed by atoms with Crippen LogP contribution in [0, 0.1) is 0 Å². The molecule has 0 aliphatic carbocycles. The Balaban J connectivity index is 0.000000291. The van der Waals surface area contributed by atoms with Gasteiger partial charge in [-0.05, 0) is 6.92 Å². The van der Waals surface area contributed by atoms with Gasteiger partial charge in [0.25, 0.3) is 0 Å². The maximum absolute atomic E-state index is 5.23. The van der Waals surface area contributed by atoms with Gasteiger partial charge in [-0.25, -0.2) is 0 Å². The first-order valence-electron chi connectivity index (χ1n) is 3.54. The first-order chi connectivity index (χ1) is 4.30. The van der Waals surface area contributed by atoms with E-state index in [0.29, 0.717) is 11.4 Å². The minimum atomic E-state index is 0.477. The second kappa shape index (κ2) is 5.12. The van der Waals surface area contributed by atoms with Gasteiger partial charge in [0.2, 0.25) is 0 Å². The van der Waals surface area contributed by atoms with Gasteiger partial charge in [-0.2, -0.15) is 0 Å². The summed E-state index contributed by atoms with van der Waals surface area (Å²) in [6.07, 6.45) is 0.477. The molecular formula is C7H16OS. The third-order valence-corrected chi connectivity index (χ3v) is 2.50. The molecule has 0 saturated carbocycles. The molecule has 2 unspecified atom stereocenters. The van der Waals surface area contributed by atoms with Crippen molar-refractivity contribution < 1.29 is 4.74 Å². The van der Waals surface area contributed by atoms with Crippen LogP contribution >= 0.6 is 11.8 Å². The molecule has 0 spiro atoms. The van der Waals surface area contributed by atoms with Gasteiger partial charge in [-0.3, -0.25) is 0 Å². The van der Waals surface area contributed by atoms with E-state index in [1.807, 2.05) is 25.6 Å². The molecule has 2 heteroatoms. The van der Waals surface area contributed by atoms with Crippen molar-refractivity contribution in [2.45, 2.75) is 39.0 Å². The fraction of sp³-hybridized carbons (Fsp3) is 1.00. The molecule has 0 bridgehead atoms. The molecule has 1 heterocycles. The van der Waals surface area contributed by atoms with Gasteiger partial charge in [-0.15, -0.1) is 11.8 Å². The third kappa shape index (κ3) is 3.11. The second-order valence-corrected chi connectivity index (χ2v) is 3.17. The van der Waals surface area contributed by atoms with Crippen molar-refractivity contribution in [3.8, 4) is 0 Å². The monoisotopic (exact) mass is 148 g/mol. The van der Waals surface area contributed by atoms with Gasteiger partial charge in [0.15, 0.2) is 0 Å². The lowest BCUT2D eigenvalue weighted by Crippen LogP contribution is -2.10. The molecule has 1 fully saturated rings. The summed E-state index contributed by atoms with van der Waals surface area (Å²) in [6, 6.07) is 0. The van der Waals surface area contributed by atoms with E-state index in [1.54, 1.807) is 0 Å². The molecule has 0 aromatic carbocycles. The van der Waals surface area contributed by atoms with Gasteiger partial charge in [0.05, 0.1) is 12.0 Å². The maximum Gasteiger partial charge on any atom is 0.0928 e. The molecule has 1 aliphatic heterocycles.